The van der Waals surface area contributed by atoms with Crippen LogP contribution in [0.2, 0.25) is 0 Å². The van der Waals surface area contributed by atoms with Crippen molar-refractivity contribution in [3.8, 4) is 27.9 Å². The van der Waals surface area contributed by atoms with E-state index < -0.39 is 0 Å². The van der Waals surface area contributed by atoms with Gasteiger partial charge >= 0.3 is 0 Å². The third kappa shape index (κ3) is 3.74. The van der Waals surface area contributed by atoms with Crippen LogP contribution in [0.15, 0.2) is 121 Å². The normalized spacial score (nSPS) is 12.3. The maximum Gasteiger partial charge on any atom is 0.0547 e. The molecule has 1 heterocycles. The maximum absolute atomic E-state index is 2.38. The SMILES string of the molecule is CCC(C)c1ccc(-c2cccc(-c3cccc4c3c3ccccc3n4-c3ccccc3)c2)cc1. The molecule has 0 fully saturated rings. The van der Waals surface area contributed by atoms with E-state index in [1.54, 1.807) is 0 Å². The Labute approximate surface area is 207 Å². The summed E-state index contributed by atoms with van der Waals surface area (Å²) in [6.45, 7) is 4.54. The topological polar surface area (TPSA) is 4.93 Å². The Bertz CT molecular complexity index is 1620. The molecule has 1 nitrogen and oxygen atoms in total. The van der Waals surface area contributed by atoms with Gasteiger partial charge < -0.3 is 4.57 Å². The molecule has 0 aliphatic rings. The first-order valence-electron chi connectivity index (χ1n) is 12.5. The minimum Gasteiger partial charge on any atom is -0.309 e. The molecule has 5 aromatic carbocycles. The van der Waals surface area contributed by atoms with E-state index >= 15 is 0 Å². The number of para-hydroxylation sites is 2. The van der Waals surface area contributed by atoms with Crippen LogP contribution in [0.1, 0.15) is 31.7 Å². The molecule has 6 rings (SSSR count). The Morgan fingerprint density at radius 1 is 0.600 bits per heavy atom. The molecule has 0 radical (unpaired) electrons. The molecule has 0 bridgehead atoms. The van der Waals surface area contributed by atoms with Gasteiger partial charge in [-0.15, -0.1) is 0 Å². The van der Waals surface area contributed by atoms with E-state index in [1.807, 2.05) is 0 Å². The fourth-order valence-corrected chi connectivity index (χ4v) is 5.22. The quantitative estimate of drug-likeness (QED) is 0.246. The van der Waals surface area contributed by atoms with Gasteiger partial charge in [0.2, 0.25) is 0 Å². The van der Waals surface area contributed by atoms with Gasteiger partial charge in [0.1, 0.15) is 0 Å². The molecule has 0 saturated heterocycles. The lowest BCUT2D eigenvalue weighted by Crippen LogP contribution is -1.93. The number of aromatic nitrogens is 1. The van der Waals surface area contributed by atoms with Crippen molar-refractivity contribution in [2.45, 2.75) is 26.2 Å². The smallest absolute Gasteiger partial charge is 0.0547 e. The lowest BCUT2D eigenvalue weighted by atomic mass is 9.93. The molecular weight excluding hydrogens is 422 g/mol. The highest BCUT2D eigenvalue weighted by atomic mass is 15.0. The largest absolute Gasteiger partial charge is 0.309 e. The van der Waals surface area contributed by atoms with Crippen LogP contribution in [0.3, 0.4) is 0 Å². The van der Waals surface area contributed by atoms with Gasteiger partial charge in [-0.05, 0) is 70.5 Å². The molecule has 1 atom stereocenters. The fourth-order valence-electron chi connectivity index (χ4n) is 5.22. The minimum absolute atomic E-state index is 0.593. The summed E-state index contributed by atoms with van der Waals surface area (Å²) in [5.74, 6) is 0.593. The Balaban J connectivity index is 1.53. The first-order valence-corrected chi connectivity index (χ1v) is 12.5. The van der Waals surface area contributed by atoms with Crippen molar-refractivity contribution < 1.29 is 0 Å². The molecule has 1 heteroatoms. The summed E-state index contributed by atoms with van der Waals surface area (Å²) in [4.78, 5) is 0. The summed E-state index contributed by atoms with van der Waals surface area (Å²) < 4.78 is 2.38. The van der Waals surface area contributed by atoms with Gasteiger partial charge in [-0.3, -0.25) is 0 Å². The number of fused-ring (bicyclic) bond motifs is 3. The average Bonchev–Trinajstić information content (AvgIpc) is 3.28. The van der Waals surface area contributed by atoms with E-state index in [1.165, 1.54) is 55.3 Å². The van der Waals surface area contributed by atoms with Gasteiger partial charge in [0.25, 0.3) is 0 Å². The third-order valence-electron chi connectivity index (χ3n) is 7.31. The molecule has 0 spiro atoms. The predicted molar refractivity (Wildman–Crippen MR) is 150 cm³/mol. The molecule has 0 aliphatic heterocycles. The van der Waals surface area contributed by atoms with Gasteiger partial charge in [-0.25, -0.2) is 0 Å². The molecule has 6 aromatic rings. The molecule has 35 heavy (non-hydrogen) atoms. The summed E-state index contributed by atoms with van der Waals surface area (Å²) in [5.41, 5.74) is 10.1. The Hall–Kier alpha value is -4.10. The zero-order chi connectivity index (χ0) is 23.8. The van der Waals surface area contributed by atoms with Gasteiger partial charge in [0.05, 0.1) is 11.0 Å². The van der Waals surface area contributed by atoms with E-state index in [0.29, 0.717) is 5.92 Å². The standard InChI is InChI=1S/C34H29N/c1-3-24(2)25-19-21-26(22-20-25)27-11-9-12-28(23-27)30-16-10-18-33-34(30)31-15-7-8-17-32(31)35(33)29-13-5-4-6-14-29/h4-24H,3H2,1-2H3. The lowest BCUT2D eigenvalue weighted by molar-refractivity contribution is 0.734. The van der Waals surface area contributed by atoms with Crippen molar-refractivity contribution in [3.05, 3.63) is 127 Å². The first kappa shape index (κ1) is 21.4. The highest BCUT2D eigenvalue weighted by Crippen LogP contribution is 2.39. The summed E-state index contributed by atoms with van der Waals surface area (Å²) in [6.07, 6.45) is 1.16. The predicted octanol–water partition coefficient (Wildman–Crippen LogP) is 9.63. The molecule has 0 aliphatic carbocycles. The van der Waals surface area contributed by atoms with Crippen molar-refractivity contribution in [2.75, 3.05) is 0 Å². The van der Waals surface area contributed by atoms with Crippen LogP contribution in [0.5, 0.6) is 0 Å². The second kappa shape index (κ2) is 8.92. The first-order chi connectivity index (χ1) is 17.2. The van der Waals surface area contributed by atoms with Gasteiger partial charge in [-0.1, -0.05) is 105 Å². The number of hydrogen-bond donors (Lipinski definition) is 0. The van der Waals surface area contributed by atoms with Crippen molar-refractivity contribution in [1.29, 1.82) is 0 Å². The van der Waals surface area contributed by atoms with Crippen LogP contribution in [-0.4, -0.2) is 4.57 Å². The Morgan fingerprint density at radius 3 is 2.09 bits per heavy atom. The summed E-state index contributed by atoms with van der Waals surface area (Å²) in [7, 11) is 0. The third-order valence-corrected chi connectivity index (χ3v) is 7.31. The highest BCUT2D eigenvalue weighted by molar-refractivity contribution is 6.15. The van der Waals surface area contributed by atoms with E-state index in [-0.39, 0.29) is 0 Å². The number of rotatable bonds is 5. The number of nitrogens with zero attached hydrogens (tertiary/aromatic N) is 1. The molecule has 0 N–H and O–H groups in total. The van der Waals surface area contributed by atoms with E-state index in [2.05, 4.69) is 140 Å². The fraction of sp³-hybridized carbons (Fsp3) is 0.118. The summed E-state index contributed by atoms with van der Waals surface area (Å²) in [6, 6.07) is 44.1. The second-order valence-corrected chi connectivity index (χ2v) is 9.40. The van der Waals surface area contributed by atoms with Crippen LogP contribution in [0, 0.1) is 0 Å². The van der Waals surface area contributed by atoms with Crippen LogP contribution in [0.4, 0.5) is 0 Å². The highest BCUT2D eigenvalue weighted by Gasteiger charge is 2.16. The van der Waals surface area contributed by atoms with Crippen molar-refractivity contribution in [1.82, 2.24) is 4.57 Å². The molecule has 1 aromatic heterocycles. The average molecular weight is 452 g/mol. The van der Waals surface area contributed by atoms with Gasteiger partial charge in [-0.2, -0.15) is 0 Å². The summed E-state index contributed by atoms with van der Waals surface area (Å²) >= 11 is 0. The maximum atomic E-state index is 2.38. The number of hydrogen-bond acceptors (Lipinski definition) is 0. The second-order valence-electron chi connectivity index (χ2n) is 9.40. The van der Waals surface area contributed by atoms with Crippen LogP contribution < -0.4 is 0 Å². The van der Waals surface area contributed by atoms with E-state index in [9.17, 15) is 0 Å². The minimum atomic E-state index is 0.593. The van der Waals surface area contributed by atoms with Crippen molar-refractivity contribution >= 4 is 21.8 Å². The van der Waals surface area contributed by atoms with Crippen LogP contribution >= 0.6 is 0 Å². The summed E-state index contributed by atoms with van der Waals surface area (Å²) in [5, 5.41) is 2.58. The lowest BCUT2D eigenvalue weighted by Gasteiger charge is -2.11. The molecule has 0 amide bonds. The molecule has 170 valence electrons. The zero-order valence-electron chi connectivity index (χ0n) is 20.3. The Morgan fingerprint density at radius 2 is 1.29 bits per heavy atom. The molecule has 0 saturated carbocycles. The van der Waals surface area contributed by atoms with Gasteiger partial charge in [0.15, 0.2) is 0 Å². The van der Waals surface area contributed by atoms with Gasteiger partial charge in [0, 0.05) is 16.5 Å². The van der Waals surface area contributed by atoms with Crippen molar-refractivity contribution in [2.24, 2.45) is 0 Å². The van der Waals surface area contributed by atoms with E-state index in [0.717, 1.165) is 6.42 Å². The van der Waals surface area contributed by atoms with Crippen LogP contribution in [0.25, 0.3) is 49.7 Å². The van der Waals surface area contributed by atoms with E-state index in [4.69, 9.17) is 0 Å². The Kier molecular flexibility index (Phi) is 5.47. The molecule has 1 unspecified atom stereocenters. The number of benzene rings is 5. The monoisotopic (exact) mass is 451 g/mol. The van der Waals surface area contributed by atoms with Crippen molar-refractivity contribution in [3.63, 3.8) is 0 Å². The molecular formula is C34H29N. The van der Waals surface area contributed by atoms with Crippen LogP contribution in [-0.2, 0) is 0 Å². The zero-order valence-corrected chi connectivity index (χ0v) is 20.3.